The number of nitrogens with one attached hydrogen (secondary N) is 2. The summed E-state index contributed by atoms with van der Waals surface area (Å²) in [5, 5.41) is 3.98. The summed E-state index contributed by atoms with van der Waals surface area (Å²) in [5.41, 5.74) is 2.64. The van der Waals surface area contributed by atoms with Gasteiger partial charge < -0.3 is 5.32 Å². The first kappa shape index (κ1) is 11.1. The van der Waals surface area contributed by atoms with Gasteiger partial charge in [-0.3, -0.25) is 10.4 Å². The van der Waals surface area contributed by atoms with Gasteiger partial charge in [0.2, 0.25) is 5.96 Å². The minimum Gasteiger partial charge on any atom is -0.353 e. The minimum atomic E-state index is 0.610. The molecule has 1 aliphatic carbocycles. The van der Waals surface area contributed by atoms with Crippen molar-refractivity contribution in [1.29, 1.82) is 0 Å². The van der Waals surface area contributed by atoms with Gasteiger partial charge in [0.25, 0.3) is 0 Å². The second-order valence-electron chi connectivity index (χ2n) is 4.24. The summed E-state index contributed by atoms with van der Waals surface area (Å²) < 4.78 is 0. The Morgan fingerprint density at radius 1 is 1.33 bits per heavy atom. The lowest BCUT2D eigenvalue weighted by atomic mass is 10.2. The molecule has 86 valence electrons. The predicted molar refractivity (Wildman–Crippen MR) is 65.9 cm³/mol. The van der Waals surface area contributed by atoms with E-state index in [4.69, 9.17) is 5.84 Å². The molecule has 0 aromatic carbocycles. The highest BCUT2D eigenvalue weighted by Gasteiger charge is 2.22. The maximum atomic E-state index is 5.41. The summed E-state index contributed by atoms with van der Waals surface area (Å²) in [6.07, 6.45) is 6.52. The molecule has 2 aliphatic rings. The van der Waals surface area contributed by atoms with Crippen molar-refractivity contribution < 1.29 is 0 Å². The zero-order valence-corrected chi connectivity index (χ0v) is 9.85. The van der Waals surface area contributed by atoms with Crippen molar-refractivity contribution >= 4 is 17.7 Å². The van der Waals surface area contributed by atoms with Gasteiger partial charge in [-0.1, -0.05) is 6.42 Å². The highest BCUT2D eigenvalue weighted by Crippen LogP contribution is 2.25. The van der Waals surface area contributed by atoms with Crippen molar-refractivity contribution in [3.05, 3.63) is 0 Å². The summed E-state index contributed by atoms with van der Waals surface area (Å²) in [4.78, 5) is 4.49. The third-order valence-corrected chi connectivity index (χ3v) is 4.16. The highest BCUT2D eigenvalue weighted by atomic mass is 32.2. The Balaban J connectivity index is 1.73. The van der Waals surface area contributed by atoms with Crippen LogP contribution in [0.25, 0.3) is 0 Å². The third kappa shape index (κ3) is 3.91. The first-order valence-electron chi connectivity index (χ1n) is 5.77. The minimum absolute atomic E-state index is 0.610. The molecule has 2 fully saturated rings. The van der Waals surface area contributed by atoms with E-state index in [1.807, 2.05) is 11.8 Å². The van der Waals surface area contributed by atoms with Crippen molar-refractivity contribution in [2.45, 2.75) is 43.4 Å². The number of guanidine groups is 1. The van der Waals surface area contributed by atoms with E-state index >= 15 is 0 Å². The van der Waals surface area contributed by atoms with Crippen LogP contribution in [0.1, 0.15) is 32.1 Å². The van der Waals surface area contributed by atoms with Gasteiger partial charge in [-0.05, 0) is 31.4 Å². The summed E-state index contributed by atoms with van der Waals surface area (Å²) >= 11 is 2.05. The van der Waals surface area contributed by atoms with Gasteiger partial charge in [-0.2, -0.15) is 11.8 Å². The van der Waals surface area contributed by atoms with Crippen molar-refractivity contribution in [1.82, 2.24) is 10.7 Å². The molecule has 0 amide bonds. The molecule has 2 rings (SSSR count). The Labute approximate surface area is 95.4 Å². The van der Waals surface area contributed by atoms with Crippen LogP contribution in [-0.2, 0) is 0 Å². The second kappa shape index (κ2) is 5.61. The molecule has 4 nitrogen and oxygen atoms in total. The van der Waals surface area contributed by atoms with Crippen LogP contribution < -0.4 is 16.6 Å². The van der Waals surface area contributed by atoms with Gasteiger partial charge in [0.15, 0.2) is 0 Å². The lowest BCUT2D eigenvalue weighted by Gasteiger charge is -2.19. The monoisotopic (exact) mass is 228 g/mol. The van der Waals surface area contributed by atoms with Crippen LogP contribution in [0.4, 0.5) is 0 Å². The van der Waals surface area contributed by atoms with Gasteiger partial charge >= 0.3 is 0 Å². The van der Waals surface area contributed by atoms with Gasteiger partial charge in [0, 0.05) is 11.3 Å². The Bertz CT molecular complexity index is 221. The van der Waals surface area contributed by atoms with E-state index < -0.39 is 0 Å². The third-order valence-electron chi connectivity index (χ3n) is 2.78. The molecule has 1 unspecified atom stereocenters. The smallest absolute Gasteiger partial charge is 0.205 e. The number of rotatable bonds is 3. The lowest BCUT2D eigenvalue weighted by molar-refractivity contribution is 0.664. The Morgan fingerprint density at radius 2 is 2.20 bits per heavy atom. The highest BCUT2D eigenvalue weighted by molar-refractivity contribution is 7.99. The molecule has 1 aliphatic heterocycles. The molecular weight excluding hydrogens is 208 g/mol. The molecule has 4 N–H and O–H groups in total. The molecule has 0 aromatic heterocycles. The van der Waals surface area contributed by atoms with Gasteiger partial charge in [-0.25, -0.2) is 5.84 Å². The van der Waals surface area contributed by atoms with E-state index in [1.54, 1.807) is 0 Å². The molecule has 0 radical (unpaired) electrons. The number of hydrogen-bond donors (Lipinski definition) is 3. The molecule has 0 aromatic rings. The van der Waals surface area contributed by atoms with Crippen LogP contribution >= 0.6 is 11.8 Å². The van der Waals surface area contributed by atoms with Crippen LogP contribution in [0.2, 0.25) is 0 Å². The number of nitrogens with zero attached hydrogens (tertiary/aromatic N) is 1. The molecule has 1 saturated heterocycles. The van der Waals surface area contributed by atoms with Crippen molar-refractivity contribution in [3.8, 4) is 0 Å². The van der Waals surface area contributed by atoms with Crippen LogP contribution in [-0.4, -0.2) is 29.5 Å². The standard InChI is InChI=1S/C10H20N4S/c11-14-10(13-8-4-5-8)12-7-9-3-1-2-6-15-9/h8-9H,1-7,11H2,(H2,12,13,14). The number of thioether (sulfide) groups is 1. The van der Waals surface area contributed by atoms with E-state index in [1.165, 1.54) is 37.9 Å². The average molecular weight is 228 g/mol. The van der Waals surface area contributed by atoms with Gasteiger partial charge in [0.05, 0.1) is 6.54 Å². The van der Waals surface area contributed by atoms with Crippen LogP contribution in [0.3, 0.4) is 0 Å². The SMILES string of the molecule is NNC(=NCC1CCCCS1)NC1CC1. The van der Waals surface area contributed by atoms with Crippen molar-refractivity contribution in [2.24, 2.45) is 10.8 Å². The van der Waals surface area contributed by atoms with E-state index in [9.17, 15) is 0 Å². The van der Waals surface area contributed by atoms with Crippen LogP contribution in [0.5, 0.6) is 0 Å². The molecule has 1 atom stereocenters. The molecule has 0 bridgehead atoms. The summed E-state index contributed by atoms with van der Waals surface area (Å²) in [5.74, 6) is 7.47. The molecule has 5 heteroatoms. The maximum absolute atomic E-state index is 5.41. The van der Waals surface area contributed by atoms with Crippen molar-refractivity contribution in [2.75, 3.05) is 12.3 Å². The zero-order valence-electron chi connectivity index (χ0n) is 9.04. The molecule has 1 heterocycles. The van der Waals surface area contributed by atoms with Crippen molar-refractivity contribution in [3.63, 3.8) is 0 Å². The average Bonchev–Trinajstić information content (AvgIpc) is 3.09. The normalized spacial score (nSPS) is 27.5. The zero-order chi connectivity index (χ0) is 10.5. The van der Waals surface area contributed by atoms with E-state index in [0.717, 1.165) is 12.5 Å². The molecular formula is C10H20N4S. The molecule has 0 spiro atoms. The fourth-order valence-corrected chi connectivity index (χ4v) is 2.92. The predicted octanol–water partition coefficient (Wildman–Crippen LogP) is 0.843. The summed E-state index contributed by atoms with van der Waals surface area (Å²) in [6, 6.07) is 0.610. The first-order chi connectivity index (χ1) is 7.38. The van der Waals surface area contributed by atoms with Gasteiger partial charge in [0.1, 0.15) is 0 Å². The molecule has 15 heavy (non-hydrogen) atoms. The number of hydrazine groups is 1. The quantitative estimate of drug-likeness (QED) is 0.290. The van der Waals surface area contributed by atoms with E-state index in [0.29, 0.717) is 11.3 Å². The van der Waals surface area contributed by atoms with Gasteiger partial charge in [-0.15, -0.1) is 0 Å². The number of hydrogen-bond acceptors (Lipinski definition) is 3. The number of aliphatic imine (C=N–C) groups is 1. The first-order valence-corrected chi connectivity index (χ1v) is 6.82. The Kier molecular flexibility index (Phi) is 4.14. The van der Waals surface area contributed by atoms with Crippen LogP contribution in [0.15, 0.2) is 4.99 Å². The number of nitrogens with two attached hydrogens (primary N) is 1. The van der Waals surface area contributed by atoms with Crippen LogP contribution in [0, 0.1) is 0 Å². The van der Waals surface area contributed by atoms with E-state index in [2.05, 4.69) is 15.7 Å². The Hall–Kier alpha value is -0.420. The Morgan fingerprint density at radius 3 is 2.80 bits per heavy atom. The summed E-state index contributed by atoms with van der Waals surface area (Å²) in [7, 11) is 0. The second-order valence-corrected chi connectivity index (χ2v) is 5.65. The summed E-state index contributed by atoms with van der Waals surface area (Å²) in [6.45, 7) is 0.893. The lowest BCUT2D eigenvalue weighted by Crippen LogP contribution is -2.43. The fraction of sp³-hybridized carbons (Fsp3) is 0.900. The fourth-order valence-electron chi connectivity index (χ4n) is 1.70. The maximum Gasteiger partial charge on any atom is 0.205 e. The van der Waals surface area contributed by atoms with E-state index in [-0.39, 0.29) is 0 Å². The largest absolute Gasteiger partial charge is 0.353 e. The topological polar surface area (TPSA) is 62.4 Å². The molecule has 1 saturated carbocycles.